The minimum atomic E-state index is -3.49. The molecule has 2 heterocycles. The lowest BCUT2D eigenvalue weighted by molar-refractivity contribution is -0.139. The number of carboxylic acids is 1. The number of hydrogen-bond acceptors (Lipinski definition) is 7. The summed E-state index contributed by atoms with van der Waals surface area (Å²) in [7, 11) is -3.49. The first-order chi connectivity index (χ1) is 20.4. The number of benzene rings is 3. The van der Waals surface area contributed by atoms with Crippen LogP contribution in [0.15, 0.2) is 70.2 Å². The van der Waals surface area contributed by atoms with E-state index in [2.05, 4.69) is 10.6 Å². The summed E-state index contributed by atoms with van der Waals surface area (Å²) < 4.78 is 29.2. The first kappa shape index (κ1) is 30.6. The molecule has 224 valence electrons. The van der Waals surface area contributed by atoms with Crippen molar-refractivity contribution in [1.82, 2.24) is 15.5 Å². The predicted molar refractivity (Wildman–Crippen MR) is 161 cm³/mol. The third kappa shape index (κ3) is 6.86. The van der Waals surface area contributed by atoms with Gasteiger partial charge in [-0.05, 0) is 59.5 Å². The van der Waals surface area contributed by atoms with Crippen molar-refractivity contribution < 1.29 is 32.3 Å². The number of carbonyl (C=O) groups is 3. The van der Waals surface area contributed by atoms with Crippen LogP contribution >= 0.6 is 23.2 Å². The highest BCUT2D eigenvalue weighted by Gasteiger charge is 2.28. The number of halogens is 2. The number of nitrogens with zero attached hydrogens (tertiary/aromatic N) is 1. The van der Waals surface area contributed by atoms with Gasteiger partial charge in [-0.15, -0.1) is 0 Å². The van der Waals surface area contributed by atoms with E-state index < -0.39 is 27.8 Å². The number of aliphatic carboxylic acids is 1. The Morgan fingerprint density at radius 2 is 1.86 bits per heavy atom. The minimum absolute atomic E-state index is 0.0340. The SMILES string of the molecule is CS(=O)(=O)c1cccc(C[C@H](NC(=O)c2c(Cl)cc3c(c2Cl)CCN(CNC(=O)c2ccc4ccoc4c2)C3)C(=O)O)c1. The van der Waals surface area contributed by atoms with E-state index >= 15 is 0 Å². The molecule has 0 saturated carbocycles. The summed E-state index contributed by atoms with van der Waals surface area (Å²) in [6, 6.07) is 13.2. The van der Waals surface area contributed by atoms with E-state index in [4.69, 9.17) is 27.6 Å². The highest BCUT2D eigenvalue weighted by atomic mass is 35.5. The molecule has 43 heavy (non-hydrogen) atoms. The predicted octanol–water partition coefficient (Wildman–Crippen LogP) is 4.31. The zero-order valence-corrected chi connectivity index (χ0v) is 25.2. The van der Waals surface area contributed by atoms with Gasteiger partial charge in [0.25, 0.3) is 11.8 Å². The maximum Gasteiger partial charge on any atom is 0.326 e. The summed E-state index contributed by atoms with van der Waals surface area (Å²) in [5, 5.41) is 16.3. The highest BCUT2D eigenvalue weighted by Crippen LogP contribution is 2.34. The van der Waals surface area contributed by atoms with Gasteiger partial charge in [0.1, 0.15) is 11.6 Å². The topological polar surface area (TPSA) is 146 Å². The number of sulfone groups is 1. The second kappa shape index (κ2) is 12.4. The molecule has 3 aromatic carbocycles. The van der Waals surface area contributed by atoms with E-state index in [0.29, 0.717) is 36.2 Å². The Morgan fingerprint density at radius 3 is 2.60 bits per heavy atom. The van der Waals surface area contributed by atoms with Gasteiger partial charge in [-0.1, -0.05) is 41.4 Å². The van der Waals surface area contributed by atoms with Gasteiger partial charge in [-0.25, -0.2) is 13.2 Å². The van der Waals surface area contributed by atoms with Gasteiger partial charge in [0, 0.05) is 36.7 Å². The largest absolute Gasteiger partial charge is 0.480 e. The molecule has 3 N–H and O–H groups in total. The van der Waals surface area contributed by atoms with Crippen LogP contribution in [-0.2, 0) is 34.0 Å². The van der Waals surface area contributed by atoms with Crippen LogP contribution in [0.25, 0.3) is 11.0 Å². The van der Waals surface area contributed by atoms with Gasteiger partial charge in [0.15, 0.2) is 9.84 Å². The molecule has 1 atom stereocenters. The van der Waals surface area contributed by atoms with Gasteiger partial charge in [-0.2, -0.15) is 0 Å². The second-order valence-electron chi connectivity index (χ2n) is 10.3. The molecule has 0 unspecified atom stereocenters. The van der Waals surface area contributed by atoms with Crippen molar-refractivity contribution in [1.29, 1.82) is 0 Å². The minimum Gasteiger partial charge on any atom is -0.480 e. The fourth-order valence-electron chi connectivity index (χ4n) is 5.00. The number of carbonyl (C=O) groups excluding carboxylic acids is 2. The zero-order chi connectivity index (χ0) is 30.9. The fraction of sp³-hybridized carbons (Fsp3) is 0.233. The lowest BCUT2D eigenvalue weighted by Crippen LogP contribution is -2.43. The van der Waals surface area contributed by atoms with E-state index in [1.165, 1.54) is 18.2 Å². The lowest BCUT2D eigenvalue weighted by Gasteiger charge is -2.30. The summed E-state index contributed by atoms with van der Waals surface area (Å²) in [5.74, 6) is -2.30. The van der Waals surface area contributed by atoms with Crippen molar-refractivity contribution in [3.63, 3.8) is 0 Å². The van der Waals surface area contributed by atoms with Gasteiger partial charge in [-0.3, -0.25) is 14.5 Å². The Morgan fingerprint density at radius 1 is 1.07 bits per heavy atom. The van der Waals surface area contributed by atoms with Crippen molar-refractivity contribution in [3.8, 4) is 0 Å². The third-order valence-electron chi connectivity index (χ3n) is 7.26. The number of fused-ring (bicyclic) bond motifs is 2. The van der Waals surface area contributed by atoms with Crippen LogP contribution in [0.5, 0.6) is 0 Å². The van der Waals surface area contributed by atoms with Crippen LogP contribution in [0.4, 0.5) is 0 Å². The lowest BCUT2D eigenvalue weighted by atomic mass is 9.96. The molecule has 5 rings (SSSR count). The van der Waals surface area contributed by atoms with E-state index in [9.17, 15) is 27.9 Å². The Kier molecular flexibility index (Phi) is 8.79. The molecule has 1 aliphatic heterocycles. The molecule has 1 aromatic heterocycles. The number of carboxylic acid groups (broad SMARTS) is 1. The van der Waals surface area contributed by atoms with E-state index in [1.807, 2.05) is 17.0 Å². The molecule has 10 nitrogen and oxygen atoms in total. The Balaban J connectivity index is 1.26. The summed E-state index contributed by atoms with van der Waals surface area (Å²) in [5.41, 5.74) is 3.00. The number of nitrogens with one attached hydrogen (secondary N) is 2. The van der Waals surface area contributed by atoms with Gasteiger partial charge in [0.05, 0.1) is 33.4 Å². The number of amides is 2. The molecule has 0 fully saturated rings. The van der Waals surface area contributed by atoms with Crippen molar-refractivity contribution >= 4 is 61.8 Å². The summed E-state index contributed by atoms with van der Waals surface area (Å²) in [6.45, 7) is 1.23. The second-order valence-corrected chi connectivity index (χ2v) is 13.1. The molecular formula is C30H27Cl2N3O7S. The molecule has 0 spiro atoms. The maximum absolute atomic E-state index is 13.2. The molecule has 2 amide bonds. The molecule has 0 bridgehead atoms. The van der Waals surface area contributed by atoms with Gasteiger partial charge >= 0.3 is 5.97 Å². The number of hydrogen-bond donors (Lipinski definition) is 3. The molecule has 13 heteroatoms. The van der Waals surface area contributed by atoms with Gasteiger partial charge < -0.3 is 20.2 Å². The van der Waals surface area contributed by atoms with Crippen LogP contribution in [-0.4, -0.2) is 61.7 Å². The quantitative estimate of drug-likeness (QED) is 0.244. The van der Waals surface area contributed by atoms with Crippen molar-refractivity contribution in [2.24, 2.45) is 0 Å². The van der Waals surface area contributed by atoms with Crippen LogP contribution < -0.4 is 10.6 Å². The molecule has 0 radical (unpaired) electrons. The number of furan rings is 1. The smallest absolute Gasteiger partial charge is 0.326 e. The Bertz CT molecular complexity index is 1860. The average molecular weight is 645 g/mol. The van der Waals surface area contributed by atoms with E-state index in [0.717, 1.165) is 22.8 Å². The standard InChI is InChI=1S/C30H27Cl2N3O7S/c1-43(40,41)21-4-2-3-17(11-21)12-24(30(38)39)34-29(37)26-23(31)13-20-15-35(9-7-22(20)27(26)32)16-33-28(36)19-6-5-18-8-10-42-25(18)14-19/h2-6,8,10-11,13-14,24H,7,9,12,15-16H2,1H3,(H,33,36)(H,34,37)(H,38,39)/t24-/m0/s1. The normalized spacial score (nSPS) is 14.2. The Labute approximate surface area is 257 Å². The third-order valence-corrected chi connectivity index (χ3v) is 9.09. The van der Waals surface area contributed by atoms with Crippen molar-refractivity contribution in [2.45, 2.75) is 30.3 Å². The summed E-state index contributed by atoms with van der Waals surface area (Å²) >= 11 is 13.2. The van der Waals surface area contributed by atoms with Crippen LogP contribution in [0.2, 0.25) is 10.0 Å². The summed E-state index contributed by atoms with van der Waals surface area (Å²) in [6.07, 6.45) is 2.94. The molecule has 0 aliphatic carbocycles. The van der Waals surface area contributed by atoms with Gasteiger partial charge in [0.2, 0.25) is 0 Å². The molecule has 1 aliphatic rings. The maximum atomic E-state index is 13.2. The first-order valence-corrected chi connectivity index (χ1v) is 15.9. The fourth-order valence-corrected chi connectivity index (χ4v) is 6.46. The zero-order valence-electron chi connectivity index (χ0n) is 22.9. The molecule has 0 saturated heterocycles. The first-order valence-electron chi connectivity index (χ1n) is 13.2. The van der Waals surface area contributed by atoms with Crippen LogP contribution in [0.1, 0.15) is 37.4 Å². The highest BCUT2D eigenvalue weighted by molar-refractivity contribution is 7.90. The Hall–Kier alpha value is -3.90. The van der Waals surface area contributed by atoms with Crippen molar-refractivity contribution in [3.05, 3.63) is 98.7 Å². The van der Waals surface area contributed by atoms with Crippen LogP contribution in [0.3, 0.4) is 0 Å². The average Bonchev–Trinajstić information content (AvgIpc) is 3.43. The molecule has 4 aromatic rings. The van der Waals surface area contributed by atoms with E-state index in [1.54, 1.807) is 30.5 Å². The van der Waals surface area contributed by atoms with Crippen molar-refractivity contribution in [2.75, 3.05) is 19.5 Å². The monoisotopic (exact) mass is 643 g/mol. The van der Waals surface area contributed by atoms with Crippen LogP contribution in [0, 0.1) is 0 Å². The number of rotatable bonds is 9. The van der Waals surface area contributed by atoms with E-state index in [-0.39, 0.29) is 39.5 Å². The summed E-state index contributed by atoms with van der Waals surface area (Å²) in [4.78, 5) is 40.0. The molecular weight excluding hydrogens is 617 g/mol.